The highest BCUT2D eigenvalue weighted by Crippen LogP contribution is 2.31. The lowest BCUT2D eigenvalue weighted by Gasteiger charge is -2.10. The molecule has 1 atom stereocenters. The van der Waals surface area contributed by atoms with Gasteiger partial charge >= 0.3 is 0 Å². The molecule has 0 aliphatic carbocycles. The van der Waals surface area contributed by atoms with E-state index in [4.69, 9.17) is 0 Å². The molecule has 1 unspecified atom stereocenters. The summed E-state index contributed by atoms with van der Waals surface area (Å²) in [5, 5.41) is 9.99. The largest absolute Gasteiger partial charge is 0.389 e. The SMILES string of the molecule is CC(O)c1cc(F)ccc1Sc1nccc(=O)[nH]1. The summed E-state index contributed by atoms with van der Waals surface area (Å²) in [7, 11) is 0. The lowest BCUT2D eigenvalue weighted by atomic mass is 10.1. The summed E-state index contributed by atoms with van der Waals surface area (Å²) >= 11 is 1.17. The van der Waals surface area contributed by atoms with Crippen molar-refractivity contribution < 1.29 is 9.50 Å². The molecule has 0 bridgehead atoms. The average molecular weight is 266 g/mol. The normalized spacial score (nSPS) is 12.4. The zero-order valence-corrected chi connectivity index (χ0v) is 10.4. The average Bonchev–Trinajstić information content (AvgIpc) is 2.31. The molecule has 4 nitrogen and oxygen atoms in total. The highest BCUT2D eigenvalue weighted by molar-refractivity contribution is 7.99. The number of nitrogens with one attached hydrogen (secondary N) is 1. The third-order valence-corrected chi connectivity index (χ3v) is 3.27. The molecule has 0 spiro atoms. The molecule has 0 saturated carbocycles. The first-order valence-corrected chi connectivity index (χ1v) is 6.08. The topological polar surface area (TPSA) is 66.0 Å². The maximum Gasteiger partial charge on any atom is 0.251 e. The van der Waals surface area contributed by atoms with Crippen LogP contribution in [0.3, 0.4) is 0 Å². The molecule has 0 amide bonds. The van der Waals surface area contributed by atoms with Gasteiger partial charge in [-0.2, -0.15) is 0 Å². The van der Waals surface area contributed by atoms with Crippen molar-refractivity contribution in [2.75, 3.05) is 0 Å². The molecule has 2 N–H and O–H groups in total. The van der Waals surface area contributed by atoms with E-state index < -0.39 is 11.9 Å². The summed E-state index contributed by atoms with van der Waals surface area (Å²) in [5.41, 5.74) is 0.208. The van der Waals surface area contributed by atoms with Gasteiger partial charge in [0.15, 0.2) is 5.16 Å². The van der Waals surface area contributed by atoms with E-state index in [-0.39, 0.29) is 5.56 Å². The molecule has 0 radical (unpaired) electrons. The van der Waals surface area contributed by atoms with Crippen molar-refractivity contribution in [1.82, 2.24) is 9.97 Å². The minimum absolute atomic E-state index is 0.256. The number of hydrogen-bond acceptors (Lipinski definition) is 4. The fourth-order valence-electron chi connectivity index (χ4n) is 1.45. The fraction of sp³-hybridized carbons (Fsp3) is 0.167. The van der Waals surface area contributed by atoms with E-state index >= 15 is 0 Å². The Hall–Kier alpha value is -1.66. The highest BCUT2D eigenvalue weighted by Gasteiger charge is 2.11. The number of aromatic nitrogens is 2. The molecular formula is C12H11FN2O2S. The van der Waals surface area contributed by atoms with Crippen molar-refractivity contribution in [1.29, 1.82) is 0 Å². The number of aliphatic hydroxyl groups excluding tert-OH is 1. The summed E-state index contributed by atoms with van der Waals surface area (Å²) in [4.78, 5) is 18.3. The van der Waals surface area contributed by atoms with Crippen molar-refractivity contribution in [3.05, 3.63) is 52.2 Å². The number of H-pyrrole nitrogens is 1. The molecule has 18 heavy (non-hydrogen) atoms. The Morgan fingerprint density at radius 3 is 2.89 bits per heavy atom. The van der Waals surface area contributed by atoms with Crippen molar-refractivity contribution >= 4 is 11.8 Å². The molecule has 0 fully saturated rings. The van der Waals surface area contributed by atoms with Crippen LogP contribution in [-0.4, -0.2) is 15.1 Å². The number of halogens is 1. The van der Waals surface area contributed by atoms with Crippen LogP contribution in [0.1, 0.15) is 18.6 Å². The minimum atomic E-state index is -0.793. The third kappa shape index (κ3) is 2.96. The second-order valence-electron chi connectivity index (χ2n) is 3.70. The Morgan fingerprint density at radius 1 is 1.44 bits per heavy atom. The Labute approximate surface area is 107 Å². The first kappa shape index (κ1) is 12.8. The minimum Gasteiger partial charge on any atom is -0.389 e. The van der Waals surface area contributed by atoms with Crippen molar-refractivity contribution in [2.45, 2.75) is 23.1 Å². The molecule has 0 saturated heterocycles. The second kappa shape index (κ2) is 5.32. The number of rotatable bonds is 3. The van der Waals surface area contributed by atoms with Crippen molar-refractivity contribution in [3.8, 4) is 0 Å². The van der Waals surface area contributed by atoms with Gasteiger partial charge in [0, 0.05) is 17.2 Å². The van der Waals surface area contributed by atoms with Gasteiger partial charge in [0.2, 0.25) is 0 Å². The molecule has 1 aromatic carbocycles. The van der Waals surface area contributed by atoms with Gasteiger partial charge in [0.05, 0.1) is 6.10 Å². The summed E-state index contributed by atoms with van der Waals surface area (Å²) in [6, 6.07) is 5.43. The van der Waals surface area contributed by atoms with Gasteiger partial charge in [-0.1, -0.05) is 11.8 Å². The first-order chi connectivity index (χ1) is 8.56. The van der Waals surface area contributed by atoms with Gasteiger partial charge in [-0.25, -0.2) is 9.37 Å². The van der Waals surface area contributed by atoms with Crippen LogP contribution in [0.25, 0.3) is 0 Å². The Balaban J connectivity index is 2.37. The molecule has 1 heterocycles. The van der Waals surface area contributed by atoms with Crippen molar-refractivity contribution in [2.24, 2.45) is 0 Å². The monoisotopic (exact) mass is 266 g/mol. The van der Waals surface area contributed by atoms with Crippen LogP contribution >= 0.6 is 11.8 Å². The van der Waals surface area contributed by atoms with E-state index in [1.54, 1.807) is 13.0 Å². The maximum absolute atomic E-state index is 13.1. The van der Waals surface area contributed by atoms with Gasteiger partial charge < -0.3 is 10.1 Å². The Bertz CT molecular complexity index is 613. The van der Waals surface area contributed by atoms with E-state index in [0.717, 1.165) is 0 Å². The van der Waals surface area contributed by atoms with Crippen LogP contribution in [0.5, 0.6) is 0 Å². The second-order valence-corrected chi connectivity index (χ2v) is 4.73. The smallest absolute Gasteiger partial charge is 0.251 e. The zero-order valence-electron chi connectivity index (χ0n) is 9.55. The Kier molecular flexibility index (Phi) is 3.78. The molecule has 94 valence electrons. The number of hydrogen-bond donors (Lipinski definition) is 2. The lowest BCUT2D eigenvalue weighted by molar-refractivity contribution is 0.196. The van der Waals surface area contributed by atoms with Crippen LogP contribution in [0.4, 0.5) is 4.39 Å². The number of benzene rings is 1. The van der Waals surface area contributed by atoms with Gasteiger partial charge in [-0.15, -0.1) is 0 Å². The predicted octanol–water partition coefficient (Wildman–Crippen LogP) is 2.11. The van der Waals surface area contributed by atoms with Crippen LogP contribution in [0, 0.1) is 5.82 Å². The van der Waals surface area contributed by atoms with E-state index in [1.165, 1.54) is 36.2 Å². The zero-order chi connectivity index (χ0) is 13.1. The predicted molar refractivity (Wildman–Crippen MR) is 66.0 cm³/mol. The molecule has 0 aliphatic heterocycles. The van der Waals surface area contributed by atoms with E-state index in [9.17, 15) is 14.3 Å². The Morgan fingerprint density at radius 2 is 2.22 bits per heavy atom. The van der Waals surface area contributed by atoms with Crippen molar-refractivity contribution in [3.63, 3.8) is 0 Å². The molecule has 2 rings (SSSR count). The van der Waals surface area contributed by atoms with E-state index in [2.05, 4.69) is 9.97 Å². The van der Waals surface area contributed by atoms with Crippen LogP contribution in [0.2, 0.25) is 0 Å². The summed E-state index contributed by atoms with van der Waals surface area (Å²) < 4.78 is 13.1. The third-order valence-electron chi connectivity index (χ3n) is 2.28. The number of nitrogens with zero attached hydrogens (tertiary/aromatic N) is 1. The van der Waals surface area contributed by atoms with Gasteiger partial charge in [0.1, 0.15) is 5.82 Å². The number of aromatic amines is 1. The number of aliphatic hydroxyl groups is 1. The van der Waals surface area contributed by atoms with Crippen LogP contribution in [-0.2, 0) is 0 Å². The quantitative estimate of drug-likeness (QED) is 0.835. The molecule has 1 aromatic heterocycles. The van der Waals surface area contributed by atoms with Gasteiger partial charge in [-0.3, -0.25) is 4.79 Å². The first-order valence-electron chi connectivity index (χ1n) is 5.27. The fourth-order valence-corrected chi connectivity index (χ4v) is 2.40. The standard InChI is InChI=1S/C12H11FN2O2S/c1-7(16)9-6-8(13)2-3-10(9)18-12-14-5-4-11(17)15-12/h2-7,16H,1H3,(H,14,15,17). The molecule has 6 heteroatoms. The van der Waals surface area contributed by atoms with Crippen LogP contribution < -0.4 is 5.56 Å². The summed E-state index contributed by atoms with van der Waals surface area (Å²) in [5.74, 6) is -0.412. The van der Waals surface area contributed by atoms with E-state index in [1.807, 2.05) is 0 Å². The van der Waals surface area contributed by atoms with E-state index in [0.29, 0.717) is 15.6 Å². The molecule has 0 aliphatic rings. The summed E-state index contributed by atoms with van der Waals surface area (Å²) in [6.45, 7) is 1.56. The van der Waals surface area contributed by atoms with Gasteiger partial charge in [0.25, 0.3) is 5.56 Å². The summed E-state index contributed by atoms with van der Waals surface area (Å²) in [6.07, 6.45) is 0.603. The highest BCUT2D eigenvalue weighted by atomic mass is 32.2. The maximum atomic E-state index is 13.1. The molecular weight excluding hydrogens is 255 g/mol. The van der Waals surface area contributed by atoms with Gasteiger partial charge in [-0.05, 0) is 30.7 Å². The molecule has 2 aromatic rings. The van der Waals surface area contributed by atoms with Crippen LogP contribution in [0.15, 0.2) is 45.3 Å². The lowest BCUT2D eigenvalue weighted by Crippen LogP contribution is -2.05.